The number of amides is 1. The maximum atomic E-state index is 12.0. The molecular formula is C18H17N3O3. The Balaban J connectivity index is 1.56. The molecule has 0 aliphatic heterocycles. The number of nitrogens with one attached hydrogen (secondary N) is 1. The van der Waals surface area contributed by atoms with Crippen LogP contribution in [0, 0.1) is 13.8 Å². The predicted molar refractivity (Wildman–Crippen MR) is 89.8 cm³/mol. The molecule has 0 fully saturated rings. The molecule has 0 atom stereocenters. The van der Waals surface area contributed by atoms with Gasteiger partial charge in [0.2, 0.25) is 12.3 Å². The van der Waals surface area contributed by atoms with E-state index in [4.69, 9.17) is 9.15 Å². The normalized spacial score (nSPS) is 10.4. The van der Waals surface area contributed by atoms with E-state index in [-0.39, 0.29) is 12.5 Å². The third-order valence-electron chi connectivity index (χ3n) is 3.34. The van der Waals surface area contributed by atoms with Crippen molar-refractivity contribution >= 4 is 11.6 Å². The number of aryl methyl sites for hydroxylation is 2. The van der Waals surface area contributed by atoms with Gasteiger partial charge in [-0.3, -0.25) is 4.79 Å². The van der Waals surface area contributed by atoms with E-state index in [1.54, 1.807) is 24.3 Å². The quantitative estimate of drug-likeness (QED) is 0.779. The Bertz CT molecular complexity index is 807. The molecule has 0 saturated carbocycles. The molecule has 24 heavy (non-hydrogen) atoms. The summed E-state index contributed by atoms with van der Waals surface area (Å²) in [6.07, 6.45) is 1.27. The van der Waals surface area contributed by atoms with Crippen LogP contribution in [0.5, 0.6) is 5.75 Å². The standard InChI is InChI=1S/C18H17N3O3/c1-12-7-13(2)9-15(8-12)20-17(22)10-23-16-5-3-14(4-6-16)18-21-19-11-24-18/h3-9,11H,10H2,1-2H3,(H,20,22). The van der Waals surface area contributed by atoms with Gasteiger partial charge in [0.05, 0.1) is 0 Å². The van der Waals surface area contributed by atoms with Gasteiger partial charge < -0.3 is 14.5 Å². The van der Waals surface area contributed by atoms with Crippen LogP contribution in [0.2, 0.25) is 0 Å². The summed E-state index contributed by atoms with van der Waals surface area (Å²) in [7, 11) is 0. The molecule has 0 radical (unpaired) electrons. The second-order valence-electron chi connectivity index (χ2n) is 5.48. The molecule has 0 unspecified atom stereocenters. The average molecular weight is 323 g/mol. The SMILES string of the molecule is Cc1cc(C)cc(NC(=O)COc2ccc(-c3nnco3)cc2)c1. The number of ether oxygens (including phenoxy) is 1. The highest BCUT2D eigenvalue weighted by atomic mass is 16.5. The maximum absolute atomic E-state index is 12.0. The lowest BCUT2D eigenvalue weighted by molar-refractivity contribution is -0.118. The van der Waals surface area contributed by atoms with Gasteiger partial charge in [0.1, 0.15) is 5.75 Å². The lowest BCUT2D eigenvalue weighted by atomic mass is 10.1. The van der Waals surface area contributed by atoms with Gasteiger partial charge in [0.15, 0.2) is 6.61 Å². The molecule has 2 aromatic carbocycles. The van der Waals surface area contributed by atoms with E-state index in [0.717, 1.165) is 22.4 Å². The Hall–Kier alpha value is -3.15. The van der Waals surface area contributed by atoms with Crippen LogP contribution in [0.1, 0.15) is 11.1 Å². The summed E-state index contributed by atoms with van der Waals surface area (Å²) in [5, 5.41) is 10.3. The van der Waals surface area contributed by atoms with Crippen LogP contribution in [-0.2, 0) is 4.79 Å². The highest BCUT2D eigenvalue weighted by Crippen LogP contribution is 2.20. The predicted octanol–water partition coefficient (Wildman–Crippen LogP) is 3.37. The van der Waals surface area contributed by atoms with Gasteiger partial charge in [-0.25, -0.2) is 0 Å². The van der Waals surface area contributed by atoms with Crippen LogP contribution in [0.4, 0.5) is 5.69 Å². The Morgan fingerprint density at radius 2 is 1.83 bits per heavy atom. The van der Waals surface area contributed by atoms with E-state index in [9.17, 15) is 4.79 Å². The molecule has 6 nitrogen and oxygen atoms in total. The second-order valence-corrected chi connectivity index (χ2v) is 5.48. The largest absolute Gasteiger partial charge is 0.484 e. The first-order valence-electron chi connectivity index (χ1n) is 7.48. The molecule has 3 aromatic rings. The number of carbonyl (C=O) groups is 1. The van der Waals surface area contributed by atoms with Crippen LogP contribution >= 0.6 is 0 Å². The van der Waals surface area contributed by atoms with Crippen molar-refractivity contribution in [2.45, 2.75) is 13.8 Å². The first-order chi connectivity index (χ1) is 11.6. The zero-order valence-corrected chi connectivity index (χ0v) is 13.4. The summed E-state index contributed by atoms with van der Waals surface area (Å²) in [4.78, 5) is 12.0. The van der Waals surface area contributed by atoms with Crippen molar-refractivity contribution in [3.8, 4) is 17.2 Å². The Morgan fingerprint density at radius 1 is 1.12 bits per heavy atom. The molecular weight excluding hydrogens is 306 g/mol. The van der Waals surface area contributed by atoms with E-state index in [1.165, 1.54) is 6.39 Å². The molecule has 0 saturated heterocycles. The lowest BCUT2D eigenvalue weighted by Gasteiger charge is -2.09. The monoisotopic (exact) mass is 323 g/mol. The minimum Gasteiger partial charge on any atom is -0.484 e. The second kappa shape index (κ2) is 6.95. The van der Waals surface area contributed by atoms with Gasteiger partial charge in [-0.2, -0.15) is 0 Å². The molecule has 3 rings (SSSR count). The molecule has 1 heterocycles. The van der Waals surface area contributed by atoms with Crippen molar-refractivity contribution in [3.05, 3.63) is 60.0 Å². The van der Waals surface area contributed by atoms with Gasteiger partial charge in [0, 0.05) is 11.3 Å². The number of carbonyl (C=O) groups excluding carboxylic acids is 1. The fourth-order valence-corrected chi connectivity index (χ4v) is 2.39. The van der Waals surface area contributed by atoms with Crippen molar-refractivity contribution in [2.75, 3.05) is 11.9 Å². The zero-order chi connectivity index (χ0) is 16.9. The molecule has 0 aliphatic rings. The van der Waals surface area contributed by atoms with Gasteiger partial charge in [-0.1, -0.05) is 6.07 Å². The van der Waals surface area contributed by atoms with Gasteiger partial charge in [-0.15, -0.1) is 10.2 Å². The third kappa shape index (κ3) is 3.98. The van der Waals surface area contributed by atoms with Crippen molar-refractivity contribution < 1.29 is 13.9 Å². The summed E-state index contributed by atoms with van der Waals surface area (Å²) in [5.41, 5.74) is 3.76. The number of rotatable bonds is 5. The fraction of sp³-hybridized carbons (Fsp3) is 0.167. The molecule has 1 N–H and O–H groups in total. The van der Waals surface area contributed by atoms with Crippen LogP contribution in [-0.4, -0.2) is 22.7 Å². The number of aromatic nitrogens is 2. The topological polar surface area (TPSA) is 77.2 Å². The van der Waals surface area contributed by atoms with Crippen molar-refractivity contribution in [2.24, 2.45) is 0 Å². The van der Waals surface area contributed by atoms with Crippen molar-refractivity contribution in [1.29, 1.82) is 0 Å². The molecule has 6 heteroatoms. The van der Waals surface area contributed by atoms with Crippen LogP contribution in [0.15, 0.2) is 53.3 Å². The van der Waals surface area contributed by atoms with Crippen LogP contribution in [0.25, 0.3) is 11.5 Å². The Kier molecular flexibility index (Phi) is 4.56. The molecule has 0 spiro atoms. The molecule has 0 aliphatic carbocycles. The smallest absolute Gasteiger partial charge is 0.262 e. The molecule has 1 aromatic heterocycles. The van der Waals surface area contributed by atoms with E-state index in [2.05, 4.69) is 21.6 Å². The summed E-state index contributed by atoms with van der Waals surface area (Å²) in [6, 6.07) is 13.0. The van der Waals surface area contributed by atoms with Crippen LogP contribution in [0.3, 0.4) is 0 Å². The van der Waals surface area contributed by atoms with E-state index >= 15 is 0 Å². The summed E-state index contributed by atoms with van der Waals surface area (Å²) in [6.45, 7) is 3.92. The van der Waals surface area contributed by atoms with E-state index in [0.29, 0.717) is 11.6 Å². The first kappa shape index (κ1) is 15.7. The van der Waals surface area contributed by atoms with E-state index in [1.807, 2.05) is 26.0 Å². The van der Waals surface area contributed by atoms with Gasteiger partial charge in [-0.05, 0) is 61.4 Å². The summed E-state index contributed by atoms with van der Waals surface area (Å²) >= 11 is 0. The summed E-state index contributed by atoms with van der Waals surface area (Å²) in [5.74, 6) is 0.823. The molecule has 0 bridgehead atoms. The fourth-order valence-electron chi connectivity index (χ4n) is 2.39. The average Bonchev–Trinajstić information content (AvgIpc) is 3.07. The number of nitrogens with zero attached hydrogens (tertiary/aromatic N) is 2. The van der Waals surface area contributed by atoms with E-state index < -0.39 is 0 Å². The minimum absolute atomic E-state index is 0.0626. The number of benzene rings is 2. The summed E-state index contributed by atoms with van der Waals surface area (Å²) < 4.78 is 10.6. The number of hydrogen-bond donors (Lipinski definition) is 1. The molecule has 122 valence electrons. The molecule has 1 amide bonds. The van der Waals surface area contributed by atoms with Crippen molar-refractivity contribution in [1.82, 2.24) is 10.2 Å². The zero-order valence-electron chi connectivity index (χ0n) is 13.4. The Labute approximate surface area is 139 Å². The lowest BCUT2D eigenvalue weighted by Crippen LogP contribution is -2.20. The highest BCUT2D eigenvalue weighted by Gasteiger charge is 2.06. The number of hydrogen-bond acceptors (Lipinski definition) is 5. The first-order valence-corrected chi connectivity index (χ1v) is 7.48. The highest BCUT2D eigenvalue weighted by molar-refractivity contribution is 5.92. The maximum Gasteiger partial charge on any atom is 0.262 e. The Morgan fingerprint density at radius 3 is 2.46 bits per heavy atom. The third-order valence-corrected chi connectivity index (χ3v) is 3.34. The van der Waals surface area contributed by atoms with Gasteiger partial charge >= 0.3 is 0 Å². The van der Waals surface area contributed by atoms with Crippen LogP contribution < -0.4 is 10.1 Å². The minimum atomic E-state index is -0.207. The van der Waals surface area contributed by atoms with Crippen molar-refractivity contribution in [3.63, 3.8) is 0 Å². The van der Waals surface area contributed by atoms with Gasteiger partial charge in [0.25, 0.3) is 5.91 Å². The number of anilines is 1.